The van der Waals surface area contributed by atoms with Crippen molar-refractivity contribution in [1.82, 2.24) is 20.6 Å². The molecule has 12 nitrogen and oxygen atoms in total. The molecule has 1 saturated heterocycles. The third-order valence-corrected chi connectivity index (χ3v) is 13.3. The second-order valence-electron chi connectivity index (χ2n) is 18.2. The second-order valence-corrected chi connectivity index (χ2v) is 18.2. The van der Waals surface area contributed by atoms with Gasteiger partial charge in [-0.2, -0.15) is 5.06 Å². The molecule has 0 spiro atoms. The number of hydroxylamine groups is 2. The number of anilines is 1. The smallest absolute Gasteiger partial charge is 0.251 e. The monoisotopic (exact) mass is 814 g/mol. The Morgan fingerprint density at radius 3 is 2.36 bits per heavy atom. The number of nitrogens with zero attached hydrogens (tertiary/aromatic N) is 3. The Kier molecular flexibility index (Phi) is 14.1. The maximum absolute atomic E-state index is 14.6. The molecule has 1 aliphatic heterocycles. The summed E-state index contributed by atoms with van der Waals surface area (Å²) in [7, 11) is 9.52. The number of carbonyl (C=O) groups excluding carboxylic acids is 2. The van der Waals surface area contributed by atoms with Gasteiger partial charge in [0, 0.05) is 61.0 Å². The van der Waals surface area contributed by atoms with Crippen molar-refractivity contribution in [3.05, 3.63) is 83.4 Å². The predicted molar refractivity (Wildman–Crippen MR) is 231 cm³/mol. The van der Waals surface area contributed by atoms with Crippen LogP contribution in [0.1, 0.15) is 68.9 Å². The van der Waals surface area contributed by atoms with E-state index in [9.17, 15) is 19.8 Å². The standard InChI is InChI=1S/C47H67N5O7/c1-28-39-23-35(47(39,4)5)24-40(28)49-46(56)43-42(29(2)58-30(3)54)41(27-53)59-52(43)25-32-17-14-18-38(44(32)57-10)33-20-34(22-37(21-33)51(8)9)45(55)48-36(26-50(6)7)19-31-15-12-11-13-16-31/h11-18,20-22,28-30,35-36,39-43,53-54H,19,23-27H2,1-10H3,(H,48,55)(H,49,56)/t28-,29-,30?,35+,36-,39+,40-,41-,42+,43-/m0/s1. The molecule has 3 aromatic rings. The van der Waals surface area contributed by atoms with Crippen molar-refractivity contribution in [3.8, 4) is 16.9 Å². The molecule has 322 valence electrons. The maximum Gasteiger partial charge on any atom is 0.251 e. The van der Waals surface area contributed by atoms with Gasteiger partial charge in [-0.15, -0.1) is 0 Å². The first-order valence-electron chi connectivity index (χ1n) is 21.2. The highest BCUT2D eigenvalue weighted by atomic mass is 16.7. The molecule has 4 aliphatic rings. The molecule has 3 aliphatic carbocycles. The van der Waals surface area contributed by atoms with E-state index in [0.29, 0.717) is 42.0 Å². The molecule has 1 heterocycles. The highest BCUT2D eigenvalue weighted by Crippen LogP contribution is 2.61. The summed E-state index contributed by atoms with van der Waals surface area (Å²) in [6.45, 7) is 10.8. The van der Waals surface area contributed by atoms with Crippen LogP contribution in [0.4, 0.5) is 5.69 Å². The number of rotatable bonds is 17. The number of hydrogen-bond donors (Lipinski definition) is 4. The molecular formula is C47H67N5O7. The van der Waals surface area contributed by atoms with E-state index in [4.69, 9.17) is 14.3 Å². The molecule has 10 atom stereocenters. The van der Waals surface area contributed by atoms with E-state index in [1.807, 2.05) is 94.6 Å². The summed E-state index contributed by atoms with van der Waals surface area (Å²) in [6, 6.07) is 20.9. The van der Waals surface area contributed by atoms with Crippen LogP contribution >= 0.6 is 0 Å². The van der Waals surface area contributed by atoms with Crippen molar-refractivity contribution in [3.63, 3.8) is 0 Å². The lowest BCUT2D eigenvalue weighted by molar-refractivity contribution is -0.184. The van der Waals surface area contributed by atoms with Crippen LogP contribution in [0.5, 0.6) is 5.75 Å². The van der Waals surface area contributed by atoms with Crippen molar-refractivity contribution in [2.45, 2.75) is 97.0 Å². The maximum atomic E-state index is 14.6. The fourth-order valence-electron chi connectivity index (χ4n) is 10.1. The molecule has 7 rings (SSSR count). The average Bonchev–Trinajstić information content (AvgIpc) is 3.56. The molecule has 59 heavy (non-hydrogen) atoms. The quantitative estimate of drug-likeness (QED) is 0.132. The molecule has 2 amide bonds. The summed E-state index contributed by atoms with van der Waals surface area (Å²) in [4.78, 5) is 39.1. The van der Waals surface area contributed by atoms with Crippen LogP contribution < -0.4 is 20.3 Å². The van der Waals surface area contributed by atoms with Gasteiger partial charge in [-0.25, -0.2) is 0 Å². The van der Waals surface area contributed by atoms with Gasteiger partial charge >= 0.3 is 0 Å². The lowest BCUT2D eigenvalue weighted by atomic mass is 9.45. The average molecular weight is 814 g/mol. The second kappa shape index (κ2) is 18.7. The van der Waals surface area contributed by atoms with Crippen molar-refractivity contribution in [2.24, 2.45) is 29.1 Å². The number of para-hydroxylation sites is 1. The molecule has 4 fully saturated rings. The first-order valence-corrected chi connectivity index (χ1v) is 21.2. The van der Waals surface area contributed by atoms with Gasteiger partial charge in [-0.3, -0.25) is 14.4 Å². The number of amides is 2. The van der Waals surface area contributed by atoms with Gasteiger partial charge in [0.2, 0.25) is 5.91 Å². The van der Waals surface area contributed by atoms with Gasteiger partial charge in [0.15, 0.2) is 6.29 Å². The number of fused-ring (bicyclic) bond motifs is 2. The Morgan fingerprint density at radius 1 is 1.02 bits per heavy atom. The highest BCUT2D eigenvalue weighted by Gasteiger charge is 2.57. The molecule has 4 N–H and O–H groups in total. The topological polar surface area (TPSA) is 136 Å². The van der Waals surface area contributed by atoms with Gasteiger partial charge in [0.05, 0.1) is 26.4 Å². The zero-order valence-corrected chi connectivity index (χ0v) is 36.6. The third kappa shape index (κ3) is 9.79. The normalized spacial score (nSPS) is 26.4. The molecule has 3 aromatic carbocycles. The summed E-state index contributed by atoms with van der Waals surface area (Å²) in [6.07, 6.45) is 0.377. The number of hydrogen-bond acceptors (Lipinski definition) is 10. The Hall–Kier alpha value is -4.04. The lowest BCUT2D eigenvalue weighted by Gasteiger charge is -2.62. The molecule has 12 heteroatoms. The zero-order chi connectivity index (χ0) is 42.8. The van der Waals surface area contributed by atoms with Gasteiger partial charge < -0.3 is 40.1 Å². The van der Waals surface area contributed by atoms with E-state index in [-0.39, 0.29) is 42.5 Å². The fourth-order valence-corrected chi connectivity index (χ4v) is 10.1. The van der Waals surface area contributed by atoms with E-state index >= 15 is 0 Å². The summed E-state index contributed by atoms with van der Waals surface area (Å²) in [5.41, 5.74) is 5.12. The van der Waals surface area contributed by atoms with Crippen molar-refractivity contribution < 1.29 is 34.1 Å². The van der Waals surface area contributed by atoms with E-state index in [1.54, 1.807) is 12.2 Å². The highest BCUT2D eigenvalue weighted by molar-refractivity contribution is 5.97. The number of methoxy groups -OCH3 is 1. The number of nitrogens with one attached hydrogen (secondary N) is 2. The largest absolute Gasteiger partial charge is 0.496 e. The number of aliphatic hydroxyl groups is 2. The van der Waals surface area contributed by atoms with Crippen LogP contribution in [0.3, 0.4) is 0 Å². The number of benzene rings is 3. The molecule has 2 bridgehead atoms. The van der Waals surface area contributed by atoms with Crippen LogP contribution in [0.2, 0.25) is 0 Å². The van der Waals surface area contributed by atoms with Crippen LogP contribution in [-0.4, -0.2) is 117 Å². The summed E-state index contributed by atoms with van der Waals surface area (Å²) < 4.78 is 12.0. The minimum atomic E-state index is -1.07. The van der Waals surface area contributed by atoms with Crippen molar-refractivity contribution in [1.29, 1.82) is 0 Å². The Bertz CT molecular complexity index is 1900. The van der Waals surface area contributed by atoms with Gasteiger partial charge in [0.25, 0.3) is 5.91 Å². The Labute approximate surface area is 351 Å². The molecule has 3 saturated carbocycles. The summed E-state index contributed by atoms with van der Waals surface area (Å²) in [5.74, 6) is 1.05. The molecule has 0 radical (unpaired) electrons. The van der Waals surface area contributed by atoms with Gasteiger partial charge in [-0.1, -0.05) is 69.3 Å². The van der Waals surface area contributed by atoms with Crippen LogP contribution in [0.15, 0.2) is 66.7 Å². The molecule has 1 unspecified atom stereocenters. The summed E-state index contributed by atoms with van der Waals surface area (Å²) in [5, 5.41) is 29.2. The van der Waals surface area contributed by atoms with E-state index < -0.39 is 30.5 Å². The van der Waals surface area contributed by atoms with Gasteiger partial charge in [0.1, 0.15) is 17.9 Å². The van der Waals surface area contributed by atoms with E-state index in [1.165, 1.54) is 13.3 Å². The van der Waals surface area contributed by atoms with Crippen LogP contribution in [-0.2, 0) is 27.3 Å². The number of likely N-dealkylation sites (N-methyl/N-ethyl adjacent to an activating group) is 1. The van der Waals surface area contributed by atoms with Gasteiger partial charge in [-0.05, 0) is 99.7 Å². The zero-order valence-electron chi connectivity index (χ0n) is 36.6. The first kappa shape index (κ1) is 44.5. The SMILES string of the molecule is COc1c(CN2O[C@@H](CO)[C@@H]([C@H](C)OC(C)O)[C@H]2C(=O)N[C@H]2C[C@H]3C[C@H]([C@@H]2C)C3(C)C)cccc1-c1cc(C(=O)N[C@@H](Cc2ccccc2)CN(C)C)cc(N(C)C)c1. The van der Waals surface area contributed by atoms with E-state index in [2.05, 4.69) is 48.4 Å². The van der Waals surface area contributed by atoms with Crippen LogP contribution in [0, 0.1) is 29.1 Å². The van der Waals surface area contributed by atoms with Crippen LogP contribution in [0.25, 0.3) is 11.1 Å². The minimum absolute atomic E-state index is 0.0210. The number of aliphatic hydroxyl groups excluding tert-OH is 2. The Balaban J connectivity index is 1.31. The molecular weight excluding hydrogens is 747 g/mol. The fraction of sp³-hybridized carbons (Fsp3) is 0.574. The minimum Gasteiger partial charge on any atom is -0.496 e. The first-order chi connectivity index (χ1) is 28.0. The summed E-state index contributed by atoms with van der Waals surface area (Å²) >= 11 is 0. The van der Waals surface area contributed by atoms with Crippen molar-refractivity contribution in [2.75, 3.05) is 53.4 Å². The lowest BCUT2D eigenvalue weighted by Crippen LogP contribution is -2.62. The third-order valence-electron chi connectivity index (χ3n) is 13.3. The number of carbonyl (C=O) groups is 2. The van der Waals surface area contributed by atoms with E-state index in [0.717, 1.165) is 34.4 Å². The molecule has 0 aromatic heterocycles. The van der Waals surface area contributed by atoms with Crippen molar-refractivity contribution >= 4 is 17.5 Å². The Morgan fingerprint density at radius 2 is 1.75 bits per heavy atom. The number of ether oxygens (including phenoxy) is 2. The predicted octanol–water partition coefficient (Wildman–Crippen LogP) is 5.35.